The molecular formula is C13H22N2S. The van der Waals surface area contributed by atoms with E-state index in [-0.39, 0.29) is 0 Å². The third-order valence-electron chi connectivity index (χ3n) is 3.70. The third-order valence-corrected chi connectivity index (χ3v) is 4.33. The molecule has 0 radical (unpaired) electrons. The van der Waals surface area contributed by atoms with Gasteiger partial charge in [0.05, 0.1) is 11.2 Å². The summed E-state index contributed by atoms with van der Waals surface area (Å²) < 4.78 is 0. The zero-order chi connectivity index (χ0) is 11.2. The number of hydrogen-bond donors (Lipinski definition) is 1. The fourth-order valence-electron chi connectivity index (χ4n) is 2.57. The van der Waals surface area contributed by atoms with E-state index < -0.39 is 0 Å². The predicted molar refractivity (Wildman–Crippen MR) is 69.6 cm³/mol. The van der Waals surface area contributed by atoms with Crippen LogP contribution < -0.4 is 5.32 Å². The molecule has 16 heavy (non-hydrogen) atoms. The molecule has 0 unspecified atom stereocenters. The molecule has 0 spiro atoms. The Kier molecular flexibility index (Phi) is 4.79. The van der Waals surface area contributed by atoms with Crippen LogP contribution >= 0.6 is 11.3 Å². The highest BCUT2D eigenvalue weighted by Gasteiger charge is 2.18. The topological polar surface area (TPSA) is 24.9 Å². The molecule has 1 atom stereocenters. The lowest BCUT2D eigenvalue weighted by molar-refractivity contribution is 0.336. The molecule has 1 aromatic rings. The van der Waals surface area contributed by atoms with Crippen molar-refractivity contribution in [3.8, 4) is 0 Å². The fourth-order valence-corrected chi connectivity index (χ4v) is 3.13. The van der Waals surface area contributed by atoms with Gasteiger partial charge < -0.3 is 5.32 Å². The number of rotatable bonds is 4. The molecular weight excluding hydrogens is 216 g/mol. The molecule has 1 fully saturated rings. The molecule has 0 bridgehead atoms. The Labute approximate surface area is 102 Å². The van der Waals surface area contributed by atoms with E-state index in [9.17, 15) is 0 Å². The third kappa shape index (κ3) is 3.56. The summed E-state index contributed by atoms with van der Waals surface area (Å²) in [5.41, 5.74) is 3.10. The fraction of sp³-hybridized carbons (Fsp3) is 0.769. The van der Waals surface area contributed by atoms with Crippen LogP contribution in [-0.2, 0) is 6.54 Å². The normalized spacial score (nSPS) is 20.6. The molecule has 1 aromatic heterocycles. The average molecular weight is 238 g/mol. The van der Waals surface area contributed by atoms with Crippen molar-refractivity contribution in [2.75, 3.05) is 0 Å². The summed E-state index contributed by atoms with van der Waals surface area (Å²) in [6.45, 7) is 3.27. The van der Waals surface area contributed by atoms with Crippen LogP contribution in [0.25, 0.3) is 0 Å². The van der Waals surface area contributed by atoms with Crippen molar-refractivity contribution in [1.29, 1.82) is 0 Å². The van der Waals surface area contributed by atoms with Gasteiger partial charge in [-0.2, -0.15) is 0 Å². The number of nitrogens with one attached hydrogen (secondary N) is 1. The van der Waals surface area contributed by atoms with E-state index in [0.717, 1.165) is 12.5 Å². The van der Waals surface area contributed by atoms with Crippen LogP contribution in [0, 0.1) is 5.92 Å². The molecule has 0 saturated heterocycles. The molecule has 1 N–H and O–H groups in total. The van der Waals surface area contributed by atoms with Crippen molar-refractivity contribution >= 4 is 11.3 Å². The van der Waals surface area contributed by atoms with Gasteiger partial charge in [0, 0.05) is 18.0 Å². The molecule has 1 aliphatic rings. The number of aromatic nitrogens is 1. The maximum Gasteiger partial charge on any atom is 0.0795 e. The van der Waals surface area contributed by atoms with E-state index in [1.54, 1.807) is 11.3 Å². The van der Waals surface area contributed by atoms with Gasteiger partial charge in [-0.1, -0.05) is 25.7 Å². The lowest BCUT2D eigenvalue weighted by atomic mass is 9.93. The summed E-state index contributed by atoms with van der Waals surface area (Å²) >= 11 is 1.68. The van der Waals surface area contributed by atoms with Crippen molar-refractivity contribution < 1.29 is 0 Å². The van der Waals surface area contributed by atoms with Crippen molar-refractivity contribution in [3.05, 3.63) is 16.6 Å². The van der Waals surface area contributed by atoms with Crippen LogP contribution in [0.3, 0.4) is 0 Å². The van der Waals surface area contributed by atoms with E-state index in [4.69, 9.17) is 0 Å². The average Bonchev–Trinajstić information content (AvgIpc) is 2.66. The van der Waals surface area contributed by atoms with E-state index in [2.05, 4.69) is 22.6 Å². The van der Waals surface area contributed by atoms with Crippen LogP contribution in [-0.4, -0.2) is 11.0 Å². The maximum atomic E-state index is 4.31. The molecule has 90 valence electrons. The van der Waals surface area contributed by atoms with Gasteiger partial charge in [0.15, 0.2) is 0 Å². The highest BCUT2D eigenvalue weighted by atomic mass is 32.1. The molecule has 1 aliphatic carbocycles. The van der Waals surface area contributed by atoms with Crippen molar-refractivity contribution in [2.45, 2.75) is 58.0 Å². The van der Waals surface area contributed by atoms with Crippen LogP contribution in [0.4, 0.5) is 0 Å². The van der Waals surface area contributed by atoms with Crippen LogP contribution in [0.2, 0.25) is 0 Å². The Morgan fingerprint density at radius 2 is 2.12 bits per heavy atom. The summed E-state index contributed by atoms with van der Waals surface area (Å²) in [5, 5.41) is 5.76. The summed E-state index contributed by atoms with van der Waals surface area (Å²) in [4.78, 5) is 4.31. The summed E-state index contributed by atoms with van der Waals surface area (Å²) in [6.07, 6.45) is 8.54. The van der Waals surface area contributed by atoms with Crippen LogP contribution in [0.1, 0.15) is 51.1 Å². The van der Waals surface area contributed by atoms with Gasteiger partial charge in [-0.25, -0.2) is 4.98 Å². The summed E-state index contributed by atoms with van der Waals surface area (Å²) in [6, 6.07) is 0.639. The summed E-state index contributed by atoms with van der Waals surface area (Å²) in [5.74, 6) is 0.876. The quantitative estimate of drug-likeness (QED) is 0.811. The first-order valence-corrected chi connectivity index (χ1v) is 7.41. The first-order chi connectivity index (χ1) is 7.86. The lowest BCUT2D eigenvalue weighted by Gasteiger charge is -2.23. The zero-order valence-corrected chi connectivity index (χ0v) is 10.9. The van der Waals surface area contributed by atoms with Crippen molar-refractivity contribution in [2.24, 2.45) is 5.92 Å². The minimum Gasteiger partial charge on any atom is -0.308 e. The molecule has 1 saturated carbocycles. The Morgan fingerprint density at radius 3 is 2.75 bits per heavy atom. The monoisotopic (exact) mass is 238 g/mol. The van der Waals surface area contributed by atoms with Gasteiger partial charge in [-0.3, -0.25) is 0 Å². The molecule has 0 amide bonds. The predicted octanol–water partition coefficient (Wildman–Crippen LogP) is 3.59. The standard InChI is InChI=1S/C13H22N2S/c1-11(12-6-4-2-3-5-7-12)14-8-13-9-16-10-15-13/h9-12,14H,2-8H2,1H3/t11-/m0/s1. The second-order valence-electron chi connectivity index (χ2n) is 4.90. The second kappa shape index (κ2) is 6.36. The van der Waals surface area contributed by atoms with Gasteiger partial charge in [0.1, 0.15) is 0 Å². The van der Waals surface area contributed by atoms with Gasteiger partial charge in [-0.05, 0) is 25.7 Å². The lowest BCUT2D eigenvalue weighted by Crippen LogP contribution is -2.33. The Balaban J connectivity index is 1.75. The smallest absolute Gasteiger partial charge is 0.0795 e. The van der Waals surface area contributed by atoms with Gasteiger partial charge in [-0.15, -0.1) is 11.3 Å². The van der Waals surface area contributed by atoms with Crippen LogP contribution in [0.5, 0.6) is 0 Å². The van der Waals surface area contributed by atoms with Gasteiger partial charge in [0.25, 0.3) is 0 Å². The van der Waals surface area contributed by atoms with Crippen LogP contribution in [0.15, 0.2) is 10.9 Å². The SMILES string of the molecule is C[C@H](NCc1cscn1)C1CCCCCC1. The minimum atomic E-state index is 0.639. The molecule has 2 nitrogen and oxygen atoms in total. The van der Waals surface area contributed by atoms with Crippen molar-refractivity contribution in [1.82, 2.24) is 10.3 Å². The Morgan fingerprint density at radius 1 is 1.38 bits per heavy atom. The van der Waals surface area contributed by atoms with E-state index in [1.165, 1.54) is 44.2 Å². The first-order valence-electron chi connectivity index (χ1n) is 6.46. The molecule has 0 aliphatic heterocycles. The number of nitrogens with zero attached hydrogens (tertiary/aromatic N) is 1. The van der Waals surface area contributed by atoms with E-state index >= 15 is 0 Å². The van der Waals surface area contributed by atoms with Gasteiger partial charge in [0.2, 0.25) is 0 Å². The Bertz CT molecular complexity index is 276. The molecule has 3 heteroatoms. The molecule has 1 heterocycles. The Hall–Kier alpha value is -0.410. The van der Waals surface area contributed by atoms with Crippen molar-refractivity contribution in [3.63, 3.8) is 0 Å². The van der Waals surface area contributed by atoms with Gasteiger partial charge >= 0.3 is 0 Å². The minimum absolute atomic E-state index is 0.639. The molecule has 0 aromatic carbocycles. The molecule has 2 rings (SSSR count). The largest absolute Gasteiger partial charge is 0.308 e. The van der Waals surface area contributed by atoms with E-state index in [1.807, 2.05) is 5.51 Å². The highest BCUT2D eigenvalue weighted by molar-refractivity contribution is 7.07. The second-order valence-corrected chi connectivity index (χ2v) is 5.62. The maximum absolute atomic E-state index is 4.31. The number of hydrogen-bond acceptors (Lipinski definition) is 3. The number of thiazole rings is 1. The summed E-state index contributed by atoms with van der Waals surface area (Å²) in [7, 11) is 0. The first kappa shape index (κ1) is 12.1. The highest BCUT2D eigenvalue weighted by Crippen LogP contribution is 2.25. The van der Waals surface area contributed by atoms with E-state index in [0.29, 0.717) is 6.04 Å². The zero-order valence-electron chi connectivity index (χ0n) is 10.1.